The zero-order chi connectivity index (χ0) is 13.9. The third-order valence-electron chi connectivity index (χ3n) is 3.84. The van der Waals surface area contributed by atoms with Crippen LogP contribution in [-0.2, 0) is 12.8 Å². The quantitative estimate of drug-likeness (QED) is 0.644. The van der Waals surface area contributed by atoms with Gasteiger partial charge in [-0.1, -0.05) is 68.4 Å². The topological polar surface area (TPSA) is 12.9 Å². The Labute approximate surface area is 120 Å². The monoisotopic (exact) mass is 261 g/mol. The van der Waals surface area contributed by atoms with Gasteiger partial charge in [-0.2, -0.15) is 0 Å². The van der Waals surface area contributed by atoms with Crippen molar-refractivity contribution in [3.8, 4) is 11.3 Å². The van der Waals surface area contributed by atoms with Crippen molar-refractivity contribution in [3.63, 3.8) is 0 Å². The van der Waals surface area contributed by atoms with Crippen molar-refractivity contribution in [1.29, 1.82) is 0 Å². The summed E-state index contributed by atoms with van der Waals surface area (Å²) >= 11 is 0. The van der Waals surface area contributed by atoms with Crippen molar-refractivity contribution in [1.82, 2.24) is 4.98 Å². The molecule has 2 aromatic carbocycles. The first-order chi connectivity index (χ1) is 9.85. The largest absolute Gasteiger partial charge is 0.252 e. The number of nitrogens with zero attached hydrogens (tertiary/aromatic N) is 1. The zero-order valence-electron chi connectivity index (χ0n) is 12.1. The van der Waals surface area contributed by atoms with E-state index in [-0.39, 0.29) is 0 Å². The van der Waals surface area contributed by atoms with Crippen LogP contribution in [0.25, 0.3) is 22.0 Å². The first kappa shape index (κ1) is 12.9. The van der Waals surface area contributed by atoms with Gasteiger partial charge in [-0.3, -0.25) is 4.98 Å². The van der Waals surface area contributed by atoms with E-state index in [2.05, 4.69) is 62.4 Å². The molecule has 1 heteroatoms. The molecule has 0 aliphatic rings. The van der Waals surface area contributed by atoms with Gasteiger partial charge in [-0.05, 0) is 23.8 Å². The molecule has 0 radical (unpaired) electrons. The SMILES string of the molecule is CCc1nc(-c2ccccc2)c2ccccc2c1CC. The predicted octanol–water partition coefficient (Wildman–Crippen LogP) is 5.03. The summed E-state index contributed by atoms with van der Waals surface area (Å²) in [7, 11) is 0. The Balaban J connectivity index is 2.38. The fourth-order valence-corrected chi connectivity index (χ4v) is 2.87. The molecule has 0 atom stereocenters. The number of benzene rings is 2. The average Bonchev–Trinajstić information content (AvgIpc) is 2.54. The van der Waals surface area contributed by atoms with Crippen LogP contribution in [0.5, 0.6) is 0 Å². The Morgan fingerprint density at radius 1 is 0.750 bits per heavy atom. The van der Waals surface area contributed by atoms with Gasteiger partial charge in [-0.15, -0.1) is 0 Å². The van der Waals surface area contributed by atoms with Crippen LogP contribution >= 0.6 is 0 Å². The molecule has 3 rings (SSSR count). The highest BCUT2D eigenvalue weighted by Gasteiger charge is 2.12. The second-order valence-electron chi connectivity index (χ2n) is 5.00. The summed E-state index contributed by atoms with van der Waals surface area (Å²) in [6.07, 6.45) is 2.01. The van der Waals surface area contributed by atoms with E-state index in [0.29, 0.717) is 0 Å². The number of rotatable bonds is 3. The maximum Gasteiger partial charge on any atom is 0.0783 e. The maximum absolute atomic E-state index is 4.96. The normalized spacial score (nSPS) is 10.9. The Morgan fingerprint density at radius 3 is 2.05 bits per heavy atom. The molecule has 0 fully saturated rings. The summed E-state index contributed by atoms with van der Waals surface area (Å²) < 4.78 is 0. The van der Waals surface area contributed by atoms with Crippen LogP contribution < -0.4 is 0 Å². The smallest absolute Gasteiger partial charge is 0.0783 e. The standard InChI is InChI=1S/C19H19N/c1-3-15-16-12-8-9-13-17(16)19(20-18(15)4-2)14-10-6-5-7-11-14/h5-13H,3-4H2,1-2H3. The van der Waals surface area contributed by atoms with Crippen molar-refractivity contribution in [2.45, 2.75) is 26.7 Å². The Morgan fingerprint density at radius 2 is 1.40 bits per heavy atom. The number of hydrogen-bond donors (Lipinski definition) is 0. The molecule has 0 aliphatic heterocycles. The molecule has 1 nitrogen and oxygen atoms in total. The van der Waals surface area contributed by atoms with E-state index in [0.717, 1.165) is 18.5 Å². The molecule has 0 saturated carbocycles. The number of aryl methyl sites for hydroxylation is 2. The van der Waals surface area contributed by atoms with Gasteiger partial charge in [0.15, 0.2) is 0 Å². The molecule has 0 unspecified atom stereocenters. The summed E-state index contributed by atoms with van der Waals surface area (Å²) in [6.45, 7) is 4.40. The molecule has 0 aliphatic carbocycles. The fraction of sp³-hybridized carbons (Fsp3) is 0.211. The van der Waals surface area contributed by atoms with E-state index < -0.39 is 0 Å². The molecule has 1 aromatic heterocycles. The van der Waals surface area contributed by atoms with Crippen LogP contribution in [-0.4, -0.2) is 4.98 Å². The predicted molar refractivity (Wildman–Crippen MR) is 85.9 cm³/mol. The summed E-state index contributed by atoms with van der Waals surface area (Å²) in [5.41, 5.74) is 4.92. The van der Waals surface area contributed by atoms with Crippen molar-refractivity contribution < 1.29 is 0 Å². The van der Waals surface area contributed by atoms with Crippen LogP contribution in [0.2, 0.25) is 0 Å². The molecular weight excluding hydrogens is 242 g/mol. The summed E-state index contributed by atoms with van der Waals surface area (Å²) in [5.74, 6) is 0. The lowest BCUT2D eigenvalue weighted by atomic mass is 9.96. The zero-order valence-corrected chi connectivity index (χ0v) is 12.1. The molecule has 3 aromatic rings. The number of pyridine rings is 1. The third kappa shape index (κ3) is 2.09. The first-order valence-electron chi connectivity index (χ1n) is 7.31. The van der Waals surface area contributed by atoms with Gasteiger partial charge in [0.1, 0.15) is 0 Å². The van der Waals surface area contributed by atoms with E-state index >= 15 is 0 Å². The molecule has 0 spiro atoms. The van der Waals surface area contributed by atoms with Crippen LogP contribution in [0.1, 0.15) is 25.1 Å². The lowest BCUT2D eigenvalue weighted by molar-refractivity contribution is 0.982. The molecule has 0 bridgehead atoms. The minimum atomic E-state index is 0.980. The minimum absolute atomic E-state index is 0.980. The minimum Gasteiger partial charge on any atom is -0.252 e. The van der Waals surface area contributed by atoms with Gasteiger partial charge < -0.3 is 0 Å². The molecule has 1 heterocycles. The number of aromatic nitrogens is 1. The molecule has 0 saturated heterocycles. The first-order valence-corrected chi connectivity index (χ1v) is 7.31. The van der Waals surface area contributed by atoms with Crippen molar-refractivity contribution in [2.24, 2.45) is 0 Å². The van der Waals surface area contributed by atoms with Gasteiger partial charge in [0, 0.05) is 16.6 Å². The molecule has 0 N–H and O–H groups in total. The highest BCUT2D eigenvalue weighted by molar-refractivity contribution is 5.97. The highest BCUT2D eigenvalue weighted by atomic mass is 14.7. The van der Waals surface area contributed by atoms with E-state index in [9.17, 15) is 0 Å². The van der Waals surface area contributed by atoms with E-state index in [1.165, 1.54) is 27.6 Å². The Kier molecular flexibility index (Phi) is 3.51. The summed E-state index contributed by atoms with van der Waals surface area (Å²) in [6, 6.07) is 19.1. The van der Waals surface area contributed by atoms with E-state index in [4.69, 9.17) is 4.98 Å². The lowest BCUT2D eigenvalue weighted by Gasteiger charge is -2.14. The van der Waals surface area contributed by atoms with Crippen LogP contribution in [0, 0.1) is 0 Å². The second-order valence-corrected chi connectivity index (χ2v) is 5.00. The van der Waals surface area contributed by atoms with Gasteiger partial charge in [0.05, 0.1) is 5.69 Å². The van der Waals surface area contributed by atoms with Crippen molar-refractivity contribution >= 4 is 10.8 Å². The second kappa shape index (κ2) is 5.46. The lowest BCUT2D eigenvalue weighted by Crippen LogP contribution is -2.00. The molecule has 100 valence electrons. The third-order valence-corrected chi connectivity index (χ3v) is 3.84. The highest BCUT2D eigenvalue weighted by Crippen LogP contribution is 2.31. The number of fused-ring (bicyclic) bond motifs is 1. The number of hydrogen-bond acceptors (Lipinski definition) is 1. The van der Waals surface area contributed by atoms with Crippen molar-refractivity contribution in [2.75, 3.05) is 0 Å². The van der Waals surface area contributed by atoms with E-state index in [1.807, 2.05) is 6.07 Å². The fourth-order valence-electron chi connectivity index (χ4n) is 2.87. The average molecular weight is 261 g/mol. The molecular formula is C19H19N. The molecule has 0 amide bonds. The van der Waals surface area contributed by atoms with Gasteiger partial charge in [-0.25, -0.2) is 0 Å². The summed E-state index contributed by atoms with van der Waals surface area (Å²) in [4.78, 5) is 4.96. The van der Waals surface area contributed by atoms with Crippen LogP contribution in [0.4, 0.5) is 0 Å². The summed E-state index contributed by atoms with van der Waals surface area (Å²) in [5, 5.41) is 2.61. The maximum atomic E-state index is 4.96. The Hall–Kier alpha value is -2.15. The van der Waals surface area contributed by atoms with Gasteiger partial charge in [0.2, 0.25) is 0 Å². The van der Waals surface area contributed by atoms with Crippen LogP contribution in [0.15, 0.2) is 54.6 Å². The van der Waals surface area contributed by atoms with Crippen LogP contribution in [0.3, 0.4) is 0 Å². The van der Waals surface area contributed by atoms with Gasteiger partial charge >= 0.3 is 0 Å². The van der Waals surface area contributed by atoms with Gasteiger partial charge in [0.25, 0.3) is 0 Å². The van der Waals surface area contributed by atoms with E-state index in [1.54, 1.807) is 0 Å². The van der Waals surface area contributed by atoms with Crippen molar-refractivity contribution in [3.05, 3.63) is 65.9 Å². The molecule has 20 heavy (non-hydrogen) atoms. The Bertz CT molecular complexity index is 729.